The Kier molecular flexibility index (Phi) is 7.69. The van der Waals surface area contributed by atoms with Gasteiger partial charge in [0.25, 0.3) is 0 Å². The first kappa shape index (κ1) is 34.5. The third kappa shape index (κ3) is 5.36. The number of aromatic nitrogens is 4. The Morgan fingerprint density at radius 2 is 1.23 bits per heavy atom. The molecule has 0 radical (unpaired) electrons. The van der Waals surface area contributed by atoms with E-state index in [2.05, 4.69) is 174 Å². The van der Waals surface area contributed by atoms with Crippen LogP contribution in [0.3, 0.4) is 0 Å². The maximum atomic E-state index is 8.82. The summed E-state index contributed by atoms with van der Waals surface area (Å²) in [5.41, 5.74) is 13.3. The molecule has 308 valence electrons. The number of ether oxygens (including phenoxy) is 1. The zero-order valence-corrected chi connectivity index (χ0v) is 37.5. The van der Waals surface area contributed by atoms with Crippen molar-refractivity contribution < 1.29 is 28.2 Å². The molecule has 0 amide bonds. The minimum Gasteiger partial charge on any atom is -0.0894 e. The zero-order valence-electron chi connectivity index (χ0n) is 37.4. The second-order valence-corrected chi connectivity index (χ2v) is 18.6. The Morgan fingerprint density at radius 3 is 2.03 bits per heavy atom. The summed E-state index contributed by atoms with van der Waals surface area (Å²) in [7, 11) is 2.08. The number of benzene rings is 8. The fourth-order valence-corrected chi connectivity index (χ4v) is 12.4. The van der Waals surface area contributed by atoms with E-state index in [0.717, 1.165) is 47.9 Å². The summed E-state index contributed by atoms with van der Waals surface area (Å²) in [6.07, 6.45) is 1.72. The van der Waals surface area contributed by atoms with Crippen molar-refractivity contribution in [2.45, 2.75) is 22.1 Å². The topological polar surface area (TPSA) is 36.9 Å². The van der Waals surface area contributed by atoms with Crippen molar-refractivity contribution in [1.82, 2.24) is 18.7 Å². The van der Waals surface area contributed by atoms with Gasteiger partial charge in [-0.1, -0.05) is 103 Å². The molecule has 5 nitrogen and oxygen atoms in total. The van der Waals surface area contributed by atoms with Crippen molar-refractivity contribution >= 4 is 44.6 Å². The molecule has 0 saturated carbocycles. The molecule has 13 rings (SSSR count). The van der Waals surface area contributed by atoms with Crippen LogP contribution in [0.1, 0.15) is 31.9 Å². The minimum absolute atomic E-state index is 0.237. The van der Waals surface area contributed by atoms with Gasteiger partial charge in [0.05, 0.1) is 5.41 Å². The average Bonchev–Trinajstić information content (AvgIpc) is 3.92. The van der Waals surface area contributed by atoms with Gasteiger partial charge < -0.3 is 0 Å². The van der Waals surface area contributed by atoms with Crippen LogP contribution in [0.5, 0.6) is 11.5 Å². The van der Waals surface area contributed by atoms with Crippen LogP contribution in [-0.2, 0) is 31.8 Å². The first-order chi connectivity index (χ1) is 32.7. The first-order valence-corrected chi connectivity index (χ1v) is 23.2. The van der Waals surface area contributed by atoms with E-state index in [9.17, 15) is 0 Å². The molecule has 0 fully saturated rings. The monoisotopic (exact) mass is 1020 g/mol. The molecule has 0 unspecified atom stereocenters. The molecule has 0 atom stereocenters. The summed E-state index contributed by atoms with van der Waals surface area (Å²) in [6, 6.07) is 65.3. The predicted octanol–water partition coefficient (Wildman–Crippen LogP) is 14.1. The third-order valence-electron chi connectivity index (χ3n) is 13.1. The van der Waals surface area contributed by atoms with Gasteiger partial charge in [-0.05, 0) is 63.5 Å². The van der Waals surface area contributed by atoms with E-state index in [4.69, 9.17) is 13.8 Å². The van der Waals surface area contributed by atoms with E-state index in [1.807, 2.05) is 60.3 Å². The van der Waals surface area contributed by atoms with Crippen molar-refractivity contribution in [2.24, 2.45) is 7.05 Å². The van der Waals surface area contributed by atoms with Crippen molar-refractivity contribution in [3.63, 3.8) is 0 Å². The Balaban J connectivity index is 1.07. The SMILES string of the molecule is [2H]C([2H])([2H])c1cc(-n2c3cc(Oc4cccc(-n5[c](=[Pt])n(C)c6ccccc65)c4)ccc3c3cc4c(cc32)C2(c3ccccc3Sc3ccccc32)c2ccccc2-4)ncc1-c1ccccc1. The van der Waals surface area contributed by atoms with Gasteiger partial charge in [0, 0.05) is 25.7 Å². The van der Waals surface area contributed by atoms with Crippen LogP contribution >= 0.6 is 11.8 Å². The van der Waals surface area contributed by atoms with Crippen LogP contribution in [0, 0.1) is 10.7 Å². The number of fused-ring (bicyclic) bond motifs is 13. The number of pyridine rings is 1. The molecule has 3 aromatic heterocycles. The van der Waals surface area contributed by atoms with Crippen molar-refractivity contribution in [2.75, 3.05) is 0 Å². The van der Waals surface area contributed by atoms with Gasteiger partial charge in [-0.2, -0.15) is 0 Å². The van der Waals surface area contributed by atoms with Gasteiger partial charge in [0.15, 0.2) is 0 Å². The van der Waals surface area contributed by atoms with Crippen LogP contribution in [0.25, 0.3) is 66.6 Å². The minimum atomic E-state index is -2.42. The van der Waals surface area contributed by atoms with E-state index in [1.165, 1.54) is 43.2 Å². The van der Waals surface area contributed by atoms with Crippen LogP contribution in [0.15, 0.2) is 204 Å². The predicted molar refractivity (Wildman–Crippen MR) is 256 cm³/mol. The molecule has 4 heterocycles. The van der Waals surface area contributed by atoms with Gasteiger partial charge in [0.2, 0.25) is 0 Å². The maximum absolute atomic E-state index is 8.82. The Bertz CT molecular complexity index is 3880. The Morgan fingerprint density at radius 1 is 0.547 bits per heavy atom. The number of hydrogen-bond acceptors (Lipinski definition) is 3. The summed E-state index contributed by atoms with van der Waals surface area (Å²) in [6.45, 7) is -2.42. The van der Waals surface area contributed by atoms with Gasteiger partial charge in [-0.25, -0.2) is 0 Å². The van der Waals surface area contributed by atoms with E-state index in [-0.39, 0.29) is 5.56 Å². The molecule has 0 saturated heterocycles. The normalized spacial score (nSPS) is 14.2. The van der Waals surface area contributed by atoms with E-state index < -0.39 is 12.3 Å². The van der Waals surface area contributed by atoms with Gasteiger partial charge in [-0.3, -0.25) is 0 Å². The molecule has 7 heteroatoms. The number of hydrogen-bond donors (Lipinski definition) is 0. The van der Waals surface area contributed by atoms with Crippen LogP contribution < -0.4 is 4.74 Å². The van der Waals surface area contributed by atoms with E-state index in [0.29, 0.717) is 22.9 Å². The smallest absolute Gasteiger partial charge is 0.0894 e. The molecule has 1 aliphatic heterocycles. The Labute approximate surface area is 389 Å². The second kappa shape index (κ2) is 14.3. The molecule has 8 aromatic carbocycles. The van der Waals surface area contributed by atoms with Crippen molar-refractivity contribution in [3.8, 4) is 45.3 Å². The number of para-hydroxylation sites is 2. The average molecular weight is 1030 g/mol. The third-order valence-corrected chi connectivity index (χ3v) is 15.6. The number of rotatable bonds is 5. The summed E-state index contributed by atoms with van der Waals surface area (Å²) >= 11 is 4.20. The van der Waals surface area contributed by atoms with Gasteiger partial charge in [-0.15, -0.1) is 0 Å². The fraction of sp³-hybridized carbons (Fsp3) is 0.0526. The molecule has 0 N–H and O–H groups in total. The van der Waals surface area contributed by atoms with Crippen molar-refractivity contribution in [3.05, 3.63) is 226 Å². The molecule has 2 aliphatic rings. The molecule has 1 spiro atoms. The number of imidazole rings is 1. The van der Waals surface area contributed by atoms with Crippen LogP contribution in [0.4, 0.5) is 0 Å². The standard InChI is InChI=1S/C57H38N4OS.Pt/c1-36-29-56(58-34-45(36)37-15-4-3-5-16-37)61-52-31-40(62-39-18-14-17-38(30-39)60-35-59(2)50-23-10-11-24-51(50)60)27-28-42(52)44-32-43-41-19-6-7-20-46(41)57(49(43)33-53(44)61)47-21-8-12-25-54(47)63-55-26-13-9-22-48(55)57;/h3-34H,1-2H3;/i1D3;. The first-order valence-electron chi connectivity index (χ1n) is 22.7. The molecule has 0 bridgehead atoms. The number of aryl methyl sites for hydroxylation is 2. The molecular formula is C57H38N4OPtS. The Hall–Kier alpha value is -6.98. The van der Waals surface area contributed by atoms with E-state index in [1.54, 1.807) is 12.3 Å². The van der Waals surface area contributed by atoms with E-state index >= 15 is 0 Å². The quantitative estimate of drug-likeness (QED) is 0.172. The summed E-state index contributed by atoms with van der Waals surface area (Å²) in [4.78, 5) is 7.59. The summed E-state index contributed by atoms with van der Waals surface area (Å²) in [5.74, 6) is 1.84. The van der Waals surface area contributed by atoms with Gasteiger partial charge >= 0.3 is 194 Å². The second-order valence-electron chi connectivity index (χ2n) is 16.5. The molecule has 11 aromatic rings. The molecular weight excluding hydrogens is 984 g/mol. The molecule has 64 heavy (non-hydrogen) atoms. The van der Waals surface area contributed by atoms with Crippen LogP contribution in [-0.4, -0.2) is 18.7 Å². The van der Waals surface area contributed by atoms with Gasteiger partial charge in [0.1, 0.15) is 0 Å². The fourth-order valence-electron chi connectivity index (χ4n) is 10.4. The van der Waals surface area contributed by atoms with Crippen molar-refractivity contribution in [1.29, 1.82) is 0 Å². The zero-order chi connectivity index (χ0) is 45.2. The van der Waals surface area contributed by atoms with Crippen LogP contribution in [0.2, 0.25) is 0 Å². The summed E-state index contributed by atoms with van der Waals surface area (Å²) < 4.78 is 40.9. The summed E-state index contributed by atoms with van der Waals surface area (Å²) in [5, 5.41) is 2.04. The molecule has 1 aliphatic carbocycles. The number of nitrogens with zero attached hydrogens (tertiary/aromatic N) is 4.